The average molecular weight is 585 g/mol. The highest BCUT2D eigenvalue weighted by molar-refractivity contribution is 7.92. The highest BCUT2D eigenvalue weighted by Crippen LogP contribution is 2.27. The number of carbonyl (C=O) groups excluding carboxylic acids is 2. The molecule has 7 nitrogen and oxygen atoms in total. The topological polar surface area (TPSA) is 86.8 Å². The first-order chi connectivity index (χ1) is 17.9. The first-order valence-corrected chi connectivity index (χ1v) is 15.6. The molecule has 0 aromatic heterocycles. The van der Waals surface area contributed by atoms with Crippen molar-refractivity contribution < 1.29 is 18.0 Å². The number of benzene rings is 2. The Bertz CT molecular complexity index is 1220. The molecule has 0 aliphatic heterocycles. The van der Waals surface area contributed by atoms with Gasteiger partial charge in [0.2, 0.25) is 21.8 Å². The fraction of sp³-hybridized carbons (Fsp3) is 0.500. The van der Waals surface area contributed by atoms with Gasteiger partial charge in [-0.25, -0.2) is 8.42 Å². The molecule has 1 atom stereocenters. The van der Waals surface area contributed by atoms with Crippen molar-refractivity contribution >= 4 is 50.7 Å². The van der Waals surface area contributed by atoms with Crippen molar-refractivity contribution in [2.75, 3.05) is 23.7 Å². The molecule has 2 aromatic rings. The van der Waals surface area contributed by atoms with Crippen LogP contribution in [0.5, 0.6) is 0 Å². The predicted octanol–water partition coefficient (Wildman–Crippen LogP) is 5.88. The number of sulfonamides is 1. The lowest BCUT2D eigenvalue weighted by molar-refractivity contribution is -0.141. The summed E-state index contributed by atoms with van der Waals surface area (Å²) in [4.78, 5) is 28.1. The van der Waals surface area contributed by atoms with Gasteiger partial charge < -0.3 is 10.2 Å². The molecule has 0 aliphatic carbocycles. The van der Waals surface area contributed by atoms with Gasteiger partial charge in [0.05, 0.1) is 11.9 Å². The van der Waals surface area contributed by atoms with Gasteiger partial charge in [0, 0.05) is 36.1 Å². The number of hydrogen-bond donors (Lipinski definition) is 1. The third-order valence-corrected chi connectivity index (χ3v) is 8.34. The molecule has 0 saturated carbocycles. The summed E-state index contributed by atoms with van der Waals surface area (Å²) in [7, 11) is -3.57. The molecule has 2 aromatic carbocycles. The van der Waals surface area contributed by atoms with E-state index in [1.54, 1.807) is 29.2 Å². The van der Waals surface area contributed by atoms with E-state index < -0.39 is 16.1 Å². The number of amides is 2. The Kier molecular flexibility index (Phi) is 12.4. The van der Waals surface area contributed by atoms with Crippen molar-refractivity contribution in [2.24, 2.45) is 0 Å². The molecular formula is C28H39Cl2N3O4S. The summed E-state index contributed by atoms with van der Waals surface area (Å²) in [6.07, 6.45) is 3.74. The third kappa shape index (κ3) is 8.89. The number of nitrogens with zero attached hydrogens (tertiary/aromatic N) is 2. The first kappa shape index (κ1) is 31.9. The fourth-order valence-corrected chi connectivity index (χ4v) is 5.73. The number of unbranched alkanes of at least 4 members (excludes halogenated alkanes) is 1. The maximum atomic E-state index is 13.6. The number of hydrogen-bond acceptors (Lipinski definition) is 4. The van der Waals surface area contributed by atoms with Crippen molar-refractivity contribution in [3.05, 3.63) is 63.1 Å². The fourth-order valence-electron chi connectivity index (χ4n) is 4.25. The monoisotopic (exact) mass is 583 g/mol. The molecule has 0 fully saturated rings. The molecule has 10 heteroatoms. The summed E-state index contributed by atoms with van der Waals surface area (Å²) in [5.41, 5.74) is 3.14. The number of halogens is 2. The van der Waals surface area contributed by atoms with Gasteiger partial charge in [0.15, 0.2) is 0 Å². The van der Waals surface area contributed by atoms with Crippen LogP contribution in [0.25, 0.3) is 0 Å². The summed E-state index contributed by atoms with van der Waals surface area (Å²) in [5.74, 6) is -0.463. The van der Waals surface area contributed by atoms with Crippen molar-refractivity contribution in [1.29, 1.82) is 0 Å². The van der Waals surface area contributed by atoms with Gasteiger partial charge in [0.1, 0.15) is 6.04 Å². The van der Waals surface area contributed by atoms with Crippen LogP contribution in [0.3, 0.4) is 0 Å². The minimum absolute atomic E-state index is 0.0703. The lowest BCUT2D eigenvalue weighted by atomic mass is 10.1. The summed E-state index contributed by atoms with van der Waals surface area (Å²) in [6.45, 7) is 8.53. The van der Waals surface area contributed by atoms with Crippen molar-refractivity contribution in [3.63, 3.8) is 0 Å². The predicted molar refractivity (Wildman–Crippen MR) is 156 cm³/mol. The summed E-state index contributed by atoms with van der Waals surface area (Å²) in [6, 6.07) is 9.89. The quantitative estimate of drug-likeness (QED) is 0.281. The third-order valence-electron chi connectivity index (χ3n) is 6.57. The lowest BCUT2D eigenvalue weighted by Gasteiger charge is -2.31. The van der Waals surface area contributed by atoms with Gasteiger partial charge in [0.25, 0.3) is 0 Å². The van der Waals surface area contributed by atoms with Crippen LogP contribution < -0.4 is 9.62 Å². The Morgan fingerprint density at radius 1 is 1.05 bits per heavy atom. The van der Waals surface area contributed by atoms with Crippen LogP contribution in [-0.2, 0) is 26.2 Å². The molecule has 0 aliphatic rings. The molecule has 0 radical (unpaired) electrons. The Balaban J connectivity index is 2.27. The number of nitrogens with one attached hydrogen (secondary N) is 1. The first-order valence-electron chi connectivity index (χ1n) is 13.0. The van der Waals surface area contributed by atoms with Gasteiger partial charge in [-0.2, -0.15) is 0 Å². The number of rotatable bonds is 14. The van der Waals surface area contributed by atoms with E-state index in [4.69, 9.17) is 23.2 Å². The van der Waals surface area contributed by atoms with Gasteiger partial charge >= 0.3 is 0 Å². The zero-order chi connectivity index (χ0) is 28.5. The van der Waals surface area contributed by atoms with E-state index >= 15 is 0 Å². The van der Waals surface area contributed by atoms with E-state index in [0.29, 0.717) is 34.3 Å². The Morgan fingerprint density at radius 2 is 1.76 bits per heavy atom. The van der Waals surface area contributed by atoms with E-state index in [9.17, 15) is 18.0 Å². The molecular weight excluding hydrogens is 545 g/mol. The molecule has 0 spiro atoms. The summed E-state index contributed by atoms with van der Waals surface area (Å²) in [5, 5.41) is 3.82. The summed E-state index contributed by atoms with van der Waals surface area (Å²) < 4.78 is 26.6. The summed E-state index contributed by atoms with van der Waals surface area (Å²) >= 11 is 12.5. The second-order valence-electron chi connectivity index (χ2n) is 9.48. The van der Waals surface area contributed by atoms with Crippen LogP contribution in [-0.4, -0.2) is 50.5 Å². The second kappa shape index (κ2) is 14.8. The van der Waals surface area contributed by atoms with Crippen LogP contribution in [0.1, 0.15) is 62.6 Å². The molecule has 210 valence electrons. The zero-order valence-electron chi connectivity index (χ0n) is 22.9. The molecule has 38 heavy (non-hydrogen) atoms. The van der Waals surface area contributed by atoms with Crippen LogP contribution in [0.15, 0.2) is 36.4 Å². The van der Waals surface area contributed by atoms with Crippen molar-refractivity contribution in [3.8, 4) is 0 Å². The number of carbonyl (C=O) groups is 2. The molecule has 0 heterocycles. The Morgan fingerprint density at radius 3 is 2.37 bits per heavy atom. The van der Waals surface area contributed by atoms with Crippen LogP contribution in [0.4, 0.5) is 5.69 Å². The minimum Gasteiger partial charge on any atom is -0.354 e. The maximum absolute atomic E-state index is 13.6. The maximum Gasteiger partial charge on any atom is 0.242 e. The number of aryl methyl sites for hydroxylation is 1. The van der Waals surface area contributed by atoms with Gasteiger partial charge in [-0.05, 0) is 68.0 Å². The average Bonchev–Trinajstić information content (AvgIpc) is 2.84. The highest BCUT2D eigenvalue weighted by Gasteiger charge is 2.29. The molecule has 0 bridgehead atoms. The Labute approximate surface area is 237 Å². The van der Waals surface area contributed by atoms with Gasteiger partial charge in [-0.15, -0.1) is 0 Å². The van der Waals surface area contributed by atoms with Crippen LogP contribution in [0.2, 0.25) is 10.0 Å². The molecule has 1 N–H and O–H groups in total. The number of anilines is 1. The normalized spacial score (nSPS) is 12.2. The molecule has 2 amide bonds. The van der Waals surface area contributed by atoms with Crippen LogP contribution >= 0.6 is 23.2 Å². The van der Waals surface area contributed by atoms with E-state index in [0.717, 1.165) is 24.0 Å². The van der Waals surface area contributed by atoms with E-state index in [-0.39, 0.29) is 37.7 Å². The minimum atomic E-state index is -3.57. The van der Waals surface area contributed by atoms with Gasteiger partial charge in [-0.3, -0.25) is 13.9 Å². The van der Waals surface area contributed by atoms with Gasteiger partial charge in [-0.1, -0.05) is 61.7 Å². The molecule has 2 rings (SSSR count). The van der Waals surface area contributed by atoms with E-state index in [2.05, 4.69) is 5.32 Å². The zero-order valence-corrected chi connectivity index (χ0v) is 25.2. The second-order valence-corrected chi connectivity index (χ2v) is 12.2. The SMILES string of the molecule is CCCCNC(=O)C(CC)N(Cc1ccc(Cl)cc1Cl)C(=O)CCCN(c1cccc(C)c1C)S(C)(=O)=O. The highest BCUT2D eigenvalue weighted by atomic mass is 35.5. The largest absolute Gasteiger partial charge is 0.354 e. The standard InChI is InChI=1S/C28H39Cl2N3O4S/c1-6-8-16-31-28(35)25(7-2)32(19-22-14-15-23(29)18-24(22)30)27(34)13-10-17-33(38(5,36)37)26-12-9-11-20(3)21(26)4/h9,11-12,14-15,18,25H,6-8,10,13,16-17,19H2,1-5H3,(H,31,35). The van der Waals surface area contributed by atoms with Crippen LogP contribution in [0, 0.1) is 13.8 Å². The van der Waals surface area contributed by atoms with Crippen molar-refractivity contribution in [2.45, 2.75) is 72.4 Å². The molecule has 1 unspecified atom stereocenters. The van der Waals surface area contributed by atoms with Crippen molar-refractivity contribution in [1.82, 2.24) is 10.2 Å². The smallest absolute Gasteiger partial charge is 0.242 e. The van der Waals surface area contributed by atoms with E-state index in [1.165, 1.54) is 10.6 Å². The molecule has 0 saturated heterocycles. The lowest BCUT2D eigenvalue weighted by Crippen LogP contribution is -2.49. The van der Waals surface area contributed by atoms with E-state index in [1.807, 2.05) is 39.8 Å². The Hall–Kier alpha value is -2.29.